The number of halogens is 1. The third-order valence-corrected chi connectivity index (χ3v) is 5.82. The molecule has 0 aliphatic carbocycles. The van der Waals surface area contributed by atoms with Crippen LogP contribution in [0.25, 0.3) is 5.70 Å². The molecule has 2 aromatic rings. The van der Waals surface area contributed by atoms with Gasteiger partial charge in [0, 0.05) is 35.8 Å². The maximum absolute atomic E-state index is 13.1. The van der Waals surface area contributed by atoms with Crippen molar-refractivity contribution in [1.82, 2.24) is 4.90 Å². The highest BCUT2D eigenvalue weighted by Gasteiger charge is 2.33. The number of nitrogens with one attached hydrogen (secondary N) is 1. The molecule has 1 amide bonds. The number of hydrogen-bond donors (Lipinski definition) is 2. The zero-order valence-electron chi connectivity index (χ0n) is 16.7. The van der Waals surface area contributed by atoms with E-state index in [2.05, 4.69) is 6.07 Å². The molecule has 0 unspecified atom stereocenters. The van der Waals surface area contributed by atoms with Crippen LogP contribution in [0.3, 0.4) is 0 Å². The average Bonchev–Trinajstić information content (AvgIpc) is 2.66. The molecule has 1 fully saturated rings. The number of amides is 1. The van der Waals surface area contributed by atoms with E-state index in [1.165, 1.54) is 0 Å². The third kappa shape index (κ3) is 4.03. The minimum Gasteiger partial charge on any atom is -0.397 e. The fourth-order valence-corrected chi connectivity index (χ4v) is 3.65. The second kappa shape index (κ2) is 8.10. The molecular formula is C23H23ClN4O. The number of hydrogen-bond acceptors (Lipinski definition) is 4. The van der Waals surface area contributed by atoms with Gasteiger partial charge in [0.2, 0.25) is 0 Å². The van der Waals surface area contributed by atoms with Crippen LogP contribution in [0.5, 0.6) is 0 Å². The topological polar surface area (TPSA) is 94.0 Å². The zero-order valence-corrected chi connectivity index (χ0v) is 17.5. The first kappa shape index (κ1) is 20.6. The Kier molecular flexibility index (Phi) is 5.76. The van der Waals surface area contributed by atoms with Gasteiger partial charge in [0.15, 0.2) is 0 Å². The van der Waals surface area contributed by atoms with Gasteiger partial charge in [-0.1, -0.05) is 29.8 Å². The van der Waals surface area contributed by atoms with Gasteiger partial charge in [0.05, 0.1) is 22.4 Å². The Balaban J connectivity index is 1.81. The Bertz CT molecular complexity index is 1060. The minimum absolute atomic E-state index is 0.0378. The van der Waals surface area contributed by atoms with Gasteiger partial charge in [0.1, 0.15) is 0 Å². The van der Waals surface area contributed by atoms with Gasteiger partial charge in [-0.3, -0.25) is 4.79 Å². The average molecular weight is 407 g/mol. The van der Waals surface area contributed by atoms with Crippen LogP contribution in [0.4, 0.5) is 0 Å². The molecule has 148 valence electrons. The number of rotatable bonds is 4. The number of nitrogens with zero attached hydrogens (tertiary/aromatic N) is 2. The van der Waals surface area contributed by atoms with E-state index in [-0.39, 0.29) is 22.6 Å². The molecular weight excluding hydrogens is 384 g/mol. The summed E-state index contributed by atoms with van der Waals surface area (Å²) in [6, 6.07) is 13.3. The normalized spacial score (nSPS) is 14.7. The van der Waals surface area contributed by atoms with Gasteiger partial charge in [-0.2, -0.15) is 5.26 Å². The molecule has 3 rings (SSSR count). The molecule has 3 N–H and O–H groups in total. The van der Waals surface area contributed by atoms with Crippen LogP contribution in [0.2, 0.25) is 0 Å². The van der Waals surface area contributed by atoms with E-state index in [9.17, 15) is 4.79 Å². The lowest BCUT2D eigenvalue weighted by Gasteiger charge is -2.40. The zero-order chi connectivity index (χ0) is 21.3. The van der Waals surface area contributed by atoms with Crippen LogP contribution in [0.1, 0.15) is 51.0 Å². The van der Waals surface area contributed by atoms with Crippen molar-refractivity contribution in [3.05, 3.63) is 74.8 Å². The van der Waals surface area contributed by atoms with Crippen molar-refractivity contribution in [2.24, 2.45) is 5.73 Å². The summed E-state index contributed by atoms with van der Waals surface area (Å²) in [5, 5.41) is 16.8. The highest BCUT2D eigenvalue weighted by atomic mass is 35.5. The Morgan fingerprint density at radius 1 is 1.17 bits per heavy atom. The molecule has 5 nitrogen and oxygen atoms in total. The van der Waals surface area contributed by atoms with E-state index in [0.29, 0.717) is 35.5 Å². The number of carbonyl (C=O) groups excluding carboxylic acids is 1. The minimum atomic E-state index is -0.0378. The lowest BCUT2D eigenvalue weighted by atomic mass is 9.89. The first-order valence-corrected chi connectivity index (χ1v) is 9.72. The van der Waals surface area contributed by atoms with Crippen LogP contribution in [-0.4, -0.2) is 29.6 Å². The van der Waals surface area contributed by atoms with E-state index in [1.807, 2.05) is 36.9 Å². The Morgan fingerprint density at radius 2 is 1.76 bits per heavy atom. The summed E-state index contributed by atoms with van der Waals surface area (Å²) < 4.78 is 0. The lowest BCUT2D eigenvalue weighted by Crippen LogP contribution is -2.48. The second-order valence-corrected chi connectivity index (χ2v) is 7.85. The van der Waals surface area contributed by atoms with Crippen LogP contribution in [-0.2, 0) is 0 Å². The standard InChI is InChI=1S/C23H23ClN4O/c1-13-8-14(2)20(9-19(13)22(27)21(24)15(3)26)23(29)28-11-18(12-28)17-6-4-16(10-25)5-7-17/h4-9,18,26H,11-12,27H2,1-3H3/b22-21+,26-15?. The predicted octanol–water partition coefficient (Wildman–Crippen LogP) is 4.32. The van der Waals surface area contributed by atoms with E-state index >= 15 is 0 Å². The quantitative estimate of drug-likeness (QED) is 0.740. The summed E-state index contributed by atoms with van der Waals surface area (Å²) in [5.74, 6) is 0.237. The number of nitrogens with two attached hydrogens (primary N) is 1. The van der Waals surface area contributed by atoms with Crippen molar-refractivity contribution < 1.29 is 4.79 Å². The van der Waals surface area contributed by atoms with Crippen molar-refractivity contribution in [2.75, 3.05) is 13.1 Å². The summed E-state index contributed by atoms with van der Waals surface area (Å²) in [5.41, 5.74) is 11.5. The third-order valence-electron chi connectivity index (χ3n) is 5.34. The summed E-state index contributed by atoms with van der Waals surface area (Å²) >= 11 is 6.17. The monoisotopic (exact) mass is 406 g/mol. The van der Waals surface area contributed by atoms with Crippen molar-refractivity contribution in [3.8, 4) is 6.07 Å². The van der Waals surface area contributed by atoms with Crippen molar-refractivity contribution in [3.63, 3.8) is 0 Å². The number of likely N-dealkylation sites (tertiary alicyclic amines) is 1. The van der Waals surface area contributed by atoms with E-state index < -0.39 is 0 Å². The molecule has 0 atom stereocenters. The van der Waals surface area contributed by atoms with E-state index in [0.717, 1.165) is 16.7 Å². The summed E-state index contributed by atoms with van der Waals surface area (Å²) in [6.45, 7) is 6.68. The molecule has 1 aliphatic rings. The van der Waals surface area contributed by atoms with Crippen LogP contribution >= 0.6 is 11.6 Å². The van der Waals surface area contributed by atoms with Gasteiger partial charge < -0.3 is 16.0 Å². The molecule has 0 radical (unpaired) electrons. The highest BCUT2D eigenvalue weighted by molar-refractivity contribution is 6.45. The fraction of sp³-hybridized carbons (Fsp3) is 0.261. The molecule has 6 heteroatoms. The van der Waals surface area contributed by atoms with Gasteiger partial charge in [-0.05, 0) is 55.7 Å². The molecule has 1 aliphatic heterocycles. The van der Waals surface area contributed by atoms with Gasteiger partial charge >= 0.3 is 0 Å². The molecule has 0 bridgehead atoms. The van der Waals surface area contributed by atoms with Crippen molar-refractivity contribution >= 4 is 28.9 Å². The summed E-state index contributed by atoms with van der Waals surface area (Å²) in [7, 11) is 0. The van der Waals surface area contributed by atoms with Crippen LogP contribution in [0.15, 0.2) is 41.4 Å². The number of allylic oxidation sites excluding steroid dienone is 1. The fourth-order valence-electron chi connectivity index (χ4n) is 3.55. The highest BCUT2D eigenvalue weighted by Crippen LogP contribution is 2.31. The first-order valence-electron chi connectivity index (χ1n) is 9.34. The van der Waals surface area contributed by atoms with E-state index in [4.69, 9.17) is 28.0 Å². The molecule has 1 heterocycles. The SMILES string of the molecule is CC(=N)/C(Cl)=C(\N)c1cc(C(=O)N2CC(c3ccc(C#N)cc3)C2)c(C)cc1C. The summed E-state index contributed by atoms with van der Waals surface area (Å²) in [4.78, 5) is 14.9. The Morgan fingerprint density at radius 3 is 2.31 bits per heavy atom. The number of aryl methyl sites for hydroxylation is 2. The number of carbonyl (C=O) groups is 1. The largest absolute Gasteiger partial charge is 0.397 e. The van der Waals surface area contributed by atoms with Crippen molar-refractivity contribution in [1.29, 1.82) is 10.7 Å². The second-order valence-electron chi connectivity index (χ2n) is 7.48. The van der Waals surface area contributed by atoms with E-state index in [1.54, 1.807) is 25.1 Å². The predicted molar refractivity (Wildman–Crippen MR) is 116 cm³/mol. The molecule has 0 saturated carbocycles. The van der Waals surface area contributed by atoms with Gasteiger partial charge in [-0.15, -0.1) is 0 Å². The number of benzene rings is 2. The van der Waals surface area contributed by atoms with Crippen LogP contribution < -0.4 is 5.73 Å². The summed E-state index contributed by atoms with van der Waals surface area (Å²) in [6.07, 6.45) is 0. The van der Waals surface area contributed by atoms with Crippen LogP contribution in [0, 0.1) is 30.6 Å². The Hall–Kier alpha value is -3.10. The molecule has 1 saturated heterocycles. The Labute approximate surface area is 175 Å². The van der Waals surface area contributed by atoms with Crippen molar-refractivity contribution in [2.45, 2.75) is 26.7 Å². The molecule has 2 aromatic carbocycles. The first-order chi connectivity index (χ1) is 13.7. The number of nitriles is 1. The maximum Gasteiger partial charge on any atom is 0.254 e. The van der Waals surface area contributed by atoms with Gasteiger partial charge in [-0.25, -0.2) is 0 Å². The maximum atomic E-state index is 13.1. The lowest BCUT2D eigenvalue weighted by molar-refractivity contribution is 0.0601. The van der Waals surface area contributed by atoms with Gasteiger partial charge in [0.25, 0.3) is 5.91 Å². The molecule has 0 spiro atoms. The molecule has 29 heavy (non-hydrogen) atoms. The molecule has 0 aromatic heterocycles. The smallest absolute Gasteiger partial charge is 0.254 e.